The van der Waals surface area contributed by atoms with Crippen LogP contribution in [0.2, 0.25) is 0 Å². The second kappa shape index (κ2) is 8.29. The summed E-state index contributed by atoms with van der Waals surface area (Å²) in [7, 11) is 0. The summed E-state index contributed by atoms with van der Waals surface area (Å²) in [5.41, 5.74) is 3.62. The number of carbonyl (C=O) groups is 1. The molecule has 1 unspecified atom stereocenters. The van der Waals surface area contributed by atoms with Crippen molar-refractivity contribution in [3.63, 3.8) is 0 Å². The first kappa shape index (κ1) is 19.5. The molecule has 6 nitrogen and oxygen atoms in total. The minimum absolute atomic E-state index is 0.107. The van der Waals surface area contributed by atoms with Crippen LogP contribution in [-0.2, 0) is 6.54 Å². The molecule has 4 aromatic rings. The zero-order chi connectivity index (χ0) is 21.1. The minimum atomic E-state index is -0.196. The molecular weight excluding hydrogens is 376 g/mol. The first-order valence-corrected chi connectivity index (χ1v) is 9.90. The second-order valence-electron chi connectivity index (χ2n) is 7.04. The minimum Gasteiger partial charge on any atom is -0.346 e. The highest BCUT2D eigenvalue weighted by Gasteiger charge is 2.15. The van der Waals surface area contributed by atoms with Crippen molar-refractivity contribution in [2.75, 3.05) is 0 Å². The Morgan fingerprint density at radius 1 is 1.03 bits per heavy atom. The molecule has 150 valence electrons. The number of benzene rings is 2. The summed E-state index contributed by atoms with van der Waals surface area (Å²) >= 11 is 0. The van der Waals surface area contributed by atoms with Gasteiger partial charge in [-0.3, -0.25) is 14.2 Å². The number of carbonyl (C=O) groups excluding carboxylic acids is 1. The summed E-state index contributed by atoms with van der Waals surface area (Å²) in [5, 5.41) is 3.00. The number of nitrogens with zero attached hydrogens (tertiary/aromatic N) is 3. The van der Waals surface area contributed by atoms with E-state index in [2.05, 4.69) is 15.3 Å². The van der Waals surface area contributed by atoms with E-state index in [9.17, 15) is 9.59 Å². The van der Waals surface area contributed by atoms with Gasteiger partial charge in [0.2, 0.25) is 0 Å². The van der Waals surface area contributed by atoms with Gasteiger partial charge in [-0.05, 0) is 43.7 Å². The quantitative estimate of drug-likeness (QED) is 0.552. The van der Waals surface area contributed by atoms with Gasteiger partial charge in [0.25, 0.3) is 11.5 Å². The Morgan fingerprint density at radius 2 is 1.77 bits per heavy atom. The number of pyridine rings is 1. The Hall–Kier alpha value is -3.80. The standard InChI is InChI=1S/C24H22N4O2/c1-3-28-22-20(10-7-15-25-22)27-21(24(28)30)18-11-13-19(14-12-18)23(29)26-16(2)17-8-5-4-6-9-17/h4-16H,3H2,1-2H3,(H,26,29). The Kier molecular flexibility index (Phi) is 5.39. The molecule has 0 bridgehead atoms. The van der Waals surface area contributed by atoms with Gasteiger partial charge in [-0.2, -0.15) is 0 Å². The van der Waals surface area contributed by atoms with E-state index in [4.69, 9.17) is 0 Å². The van der Waals surface area contributed by atoms with E-state index < -0.39 is 0 Å². The lowest BCUT2D eigenvalue weighted by molar-refractivity contribution is 0.0940. The van der Waals surface area contributed by atoms with Crippen molar-refractivity contribution >= 4 is 17.1 Å². The Bertz CT molecular complexity index is 1250. The molecule has 4 rings (SSSR count). The van der Waals surface area contributed by atoms with E-state index in [0.717, 1.165) is 5.56 Å². The summed E-state index contributed by atoms with van der Waals surface area (Å²) in [6, 6.07) is 20.3. The lowest BCUT2D eigenvalue weighted by Gasteiger charge is -2.14. The van der Waals surface area contributed by atoms with E-state index in [1.54, 1.807) is 41.1 Å². The van der Waals surface area contributed by atoms with Gasteiger partial charge in [0.1, 0.15) is 11.2 Å². The van der Waals surface area contributed by atoms with Crippen LogP contribution in [0, 0.1) is 0 Å². The molecular formula is C24H22N4O2. The van der Waals surface area contributed by atoms with Crippen LogP contribution in [0.3, 0.4) is 0 Å². The largest absolute Gasteiger partial charge is 0.346 e. The average molecular weight is 398 g/mol. The third kappa shape index (κ3) is 3.72. The van der Waals surface area contributed by atoms with Crippen molar-refractivity contribution in [3.8, 4) is 11.3 Å². The summed E-state index contributed by atoms with van der Waals surface area (Å²) in [5.74, 6) is -0.167. The molecule has 0 saturated heterocycles. The monoisotopic (exact) mass is 398 g/mol. The van der Waals surface area contributed by atoms with Crippen LogP contribution in [0.1, 0.15) is 35.8 Å². The molecule has 0 spiro atoms. The van der Waals surface area contributed by atoms with E-state index in [-0.39, 0.29) is 17.5 Å². The van der Waals surface area contributed by atoms with Crippen molar-refractivity contribution in [2.45, 2.75) is 26.4 Å². The van der Waals surface area contributed by atoms with Crippen LogP contribution < -0.4 is 10.9 Å². The van der Waals surface area contributed by atoms with Gasteiger partial charge in [0, 0.05) is 23.9 Å². The van der Waals surface area contributed by atoms with Crippen LogP contribution in [0.15, 0.2) is 77.7 Å². The summed E-state index contributed by atoms with van der Waals surface area (Å²) in [6.07, 6.45) is 1.65. The Labute approximate surface area is 174 Å². The molecule has 2 aromatic carbocycles. The predicted molar refractivity (Wildman–Crippen MR) is 117 cm³/mol. The van der Waals surface area contributed by atoms with Crippen molar-refractivity contribution in [1.29, 1.82) is 0 Å². The number of nitrogens with one attached hydrogen (secondary N) is 1. The van der Waals surface area contributed by atoms with Gasteiger partial charge < -0.3 is 5.32 Å². The topological polar surface area (TPSA) is 76.9 Å². The van der Waals surface area contributed by atoms with E-state index in [0.29, 0.717) is 34.5 Å². The molecule has 0 aliphatic heterocycles. The smallest absolute Gasteiger partial charge is 0.278 e. The number of hydrogen-bond donors (Lipinski definition) is 1. The van der Waals surface area contributed by atoms with Crippen molar-refractivity contribution < 1.29 is 4.79 Å². The fourth-order valence-electron chi connectivity index (χ4n) is 3.44. The van der Waals surface area contributed by atoms with Crippen LogP contribution in [-0.4, -0.2) is 20.4 Å². The zero-order valence-corrected chi connectivity index (χ0v) is 16.9. The number of fused-ring (bicyclic) bond motifs is 1. The number of amides is 1. The maximum Gasteiger partial charge on any atom is 0.278 e. The summed E-state index contributed by atoms with van der Waals surface area (Å²) in [4.78, 5) is 34.3. The van der Waals surface area contributed by atoms with Gasteiger partial charge >= 0.3 is 0 Å². The van der Waals surface area contributed by atoms with Crippen molar-refractivity contribution in [2.24, 2.45) is 0 Å². The lowest BCUT2D eigenvalue weighted by Crippen LogP contribution is -2.26. The Morgan fingerprint density at radius 3 is 2.47 bits per heavy atom. The fourth-order valence-corrected chi connectivity index (χ4v) is 3.44. The molecule has 0 radical (unpaired) electrons. The average Bonchev–Trinajstić information content (AvgIpc) is 2.79. The third-order valence-corrected chi connectivity index (χ3v) is 5.09. The predicted octanol–water partition coefficient (Wildman–Crippen LogP) is 3.97. The molecule has 6 heteroatoms. The van der Waals surface area contributed by atoms with Crippen LogP contribution in [0.25, 0.3) is 22.4 Å². The highest BCUT2D eigenvalue weighted by Crippen LogP contribution is 2.18. The van der Waals surface area contributed by atoms with Crippen molar-refractivity contribution in [1.82, 2.24) is 19.9 Å². The van der Waals surface area contributed by atoms with E-state index in [1.807, 2.05) is 50.2 Å². The number of aromatic nitrogens is 3. The normalized spacial score (nSPS) is 11.9. The van der Waals surface area contributed by atoms with Crippen molar-refractivity contribution in [3.05, 3.63) is 94.4 Å². The Balaban J connectivity index is 1.62. The van der Waals surface area contributed by atoms with E-state index >= 15 is 0 Å². The molecule has 0 aliphatic rings. The molecule has 0 aliphatic carbocycles. The maximum absolute atomic E-state index is 12.9. The molecule has 1 N–H and O–H groups in total. The maximum atomic E-state index is 12.9. The van der Waals surface area contributed by atoms with Crippen LogP contribution in [0.5, 0.6) is 0 Å². The van der Waals surface area contributed by atoms with E-state index in [1.165, 1.54) is 0 Å². The first-order chi connectivity index (χ1) is 14.6. The van der Waals surface area contributed by atoms with Crippen LogP contribution >= 0.6 is 0 Å². The molecule has 0 saturated carbocycles. The van der Waals surface area contributed by atoms with Gasteiger partial charge in [-0.15, -0.1) is 0 Å². The lowest BCUT2D eigenvalue weighted by atomic mass is 10.1. The van der Waals surface area contributed by atoms with Gasteiger partial charge in [-0.25, -0.2) is 9.97 Å². The van der Waals surface area contributed by atoms with Gasteiger partial charge in [0.05, 0.1) is 6.04 Å². The second-order valence-corrected chi connectivity index (χ2v) is 7.04. The molecule has 0 fully saturated rings. The highest BCUT2D eigenvalue weighted by atomic mass is 16.1. The van der Waals surface area contributed by atoms with Crippen LogP contribution in [0.4, 0.5) is 0 Å². The first-order valence-electron chi connectivity index (χ1n) is 9.90. The number of hydrogen-bond acceptors (Lipinski definition) is 4. The summed E-state index contributed by atoms with van der Waals surface area (Å²) in [6.45, 7) is 4.35. The van der Waals surface area contributed by atoms with Gasteiger partial charge in [-0.1, -0.05) is 42.5 Å². The molecule has 2 aromatic heterocycles. The SMILES string of the molecule is CCn1c(=O)c(-c2ccc(C(=O)NC(C)c3ccccc3)cc2)nc2cccnc21. The molecule has 30 heavy (non-hydrogen) atoms. The summed E-state index contributed by atoms with van der Waals surface area (Å²) < 4.78 is 1.61. The zero-order valence-electron chi connectivity index (χ0n) is 16.9. The number of rotatable bonds is 5. The number of aryl methyl sites for hydroxylation is 1. The molecule has 1 amide bonds. The molecule has 2 heterocycles. The third-order valence-electron chi connectivity index (χ3n) is 5.09. The van der Waals surface area contributed by atoms with Gasteiger partial charge in [0.15, 0.2) is 5.65 Å². The highest BCUT2D eigenvalue weighted by molar-refractivity contribution is 5.95. The molecule has 1 atom stereocenters. The fraction of sp³-hybridized carbons (Fsp3) is 0.167.